The summed E-state index contributed by atoms with van der Waals surface area (Å²) in [6.07, 6.45) is 3.05. The van der Waals surface area contributed by atoms with Crippen molar-refractivity contribution >= 4 is 11.4 Å². The summed E-state index contributed by atoms with van der Waals surface area (Å²) in [5.74, 6) is 0. The van der Waals surface area contributed by atoms with Gasteiger partial charge in [0, 0.05) is 19.8 Å². The third-order valence-corrected chi connectivity index (χ3v) is 3.24. The summed E-state index contributed by atoms with van der Waals surface area (Å²) in [6.45, 7) is 1.86. The van der Waals surface area contributed by atoms with E-state index >= 15 is 0 Å². The van der Waals surface area contributed by atoms with Gasteiger partial charge in [0.2, 0.25) is 0 Å². The van der Waals surface area contributed by atoms with E-state index < -0.39 is 0 Å². The topological polar surface area (TPSA) is 47.1 Å². The monoisotopic (exact) mass is 228 g/mol. The lowest BCUT2D eigenvalue weighted by atomic mass is 10.1. The molecule has 1 aromatic carbocycles. The number of nitrogen functional groups attached to an aromatic ring is 1. The first-order valence-corrected chi connectivity index (χ1v) is 5.85. The molecule has 88 valence electrons. The van der Waals surface area contributed by atoms with Crippen LogP contribution in [0.5, 0.6) is 0 Å². The van der Waals surface area contributed by atoms with E-state index in [0.29, 0.717) is 0 Å². The van der Waals surface area contributed by atoms with Crippen molar-refractivity contribution in [3.63, 3.8) is 0 Å². The molecule has 0 bridgehead atoms. The van der Waals surface area contributed by atoms with Crippen molar-refractivity contribution in [1.29, 1.82) is 0 Å². The standard InChI is InChI=1S/C13H16N4/c1-16-7-6-11(15-16)9-17-8-5-10-3-2-4-12(14)13(10)17/h2-4,6-7H,5,8-9,14H2,1H3. The van der Waals surface area contributed by atoms with Crippen LogP contribution in [0, 0.1) is 0 Å². The average Bonchev–Trinajstić information content (AvgIpc) is 2.88. The molecule has 4 heteroatoms. The van der Waals surface area contributed by atoms with E-state index in [-0.39, 0.29) is 0 Å². The van der Waals surface area contributed by atoms with Crippen LogP contribution in [-0.4, -0.2) is 16.3 Å². The maximum Gasteiger partial charge on any atom is 0.0817 e. The van der Waals surface area contributed by atoms with Crippen LogP contribution < -0.4 is 10.6 Å². The highest BCUT2D eigenvalue weighted by atomic mass is 15.3. The summed E-state index contributed by atoms with van der Waals surface area (Å²) in [5, 5.41) is 4.41. The molecule has 1 aliphatic heterocycles. The molecule has 0 aliphatic carbocycles. The summed E-state index contributed by atoms with van der Waals surface area (Å²) in [4.78, 5) is 2.31. The van der Waals surface area contributed by atoms with Gasteiger partial charge < -0.3 is 10.6 Å². The second-order valence-corrected chi connectivity index (χ2v) is 4.51. The molecule has 0 spiro atoms. The van der Waals surface area contributed by atoms with Gasteiger partial charge in [0.15, 0.2) is 0 Å². The van der Waals surface area contributed by atoms with Crippen LogP contribution in [0.1, 0.15) is 11.3 Å². The minimum Gasteiger partial charge on any atom is -0.397 e. The van der Waals surface area contributed by atoms with Gasteiger partial charge >= 0.3 is 0 Å². The second-order valence-electron chi connectivity index (χ2n) is 4.51. The zero-order valence-electron chi connectivity index (χ0n) is 9.93. The highest BCUT2D eigenvalue weighted by Gasteiger charge is 2.21. The van der Waals surface area contributed by atoms with Crippen LogP contribution in [-0.2, 0) is 20.0 Å². The van der Waals surface area contributed by atoms with E-state index in [1.165, 1.54) is 11.3 Å². The Hall–Kier alpha value is -1.97. The van der Waals surface area contributed by atoms with Crippen LogP contribution in [0.3, 0.4) is 0 Å². The van der Waals surface area contributed by atoms with Gasteiger partial charge in [-0.2, -0.15) is 5.10 Å². The molecule has 0 saturated carbocycles. The Balaban J connectivity index is 1.89. The van der Waals surface area contributed by atoms with E-state index in [4.69, 9.17) is 5.73 Å². The van der Waals surface area contributed by atoms with Crippen molar-refractivity contribution in [2.45, 2.75) is 13.0 Å². The molecule has 2 N–H and O–H groups in total. The predicted molar refractivity (Wildman–Crippen MR) is 68.8 cm³/mol. The zero-order valence-corrected chi connectivity index (χ0v) is 9.93. The summed E-state index contributed by atoms with van der Waals surface area (Å²) in [6, 6.07) is 8.20. The largest absolute Gasteiger partial charge is 0.397 e. The molecule has 0 fully saturated rings. The fraction of sp³-hybridized carbons (Fsp3) is 0.308. The molecule has 0 amide bonds. The van der Waals surface area contributed by atoms with Crippen molar-refractivity contribution in [3.05, 3.63) is 41.7 Å². The van der Waals surface area contributed by atoms with Crippen molar-refractivity contribution < 1.29 is 0 Å². The highest BCUT2D eigenvalue weighted by molar-refractivity contribution is 5.74. The Morgan fingerprint density at radius 3 is 3.00 bits per heavy atom. The number of fused-ring (bicyclic) bond motifs is 1. The Morgan fingerprint density at radius 2 is 2.24 bits per heavy atom. The van der Waals surface area contributed by atoms with Crippen molar-refractivity contribution in [2.24, 2.45) is 7.05 Å². The van der Waals surface area contributed by atoms with E-state index in [0.717, 1.165) is 30.9 Å². The normalized spacial score (nSPS) is 14.1. The van der Waals surface area contributed by atoms with E-state index in [1.807, 2.05) is 30.1 Å². The first kappa shape index (κ1) is 10.2. The highest BCUT2D eigenvalue weighted by Crippen LogP contribution is 2.34. The third kappa shape index (κ3) is 1.75. The van der Waals surface area contributed by atoms with Crippen LogP contribution >= 0.6 is 0 Å². The number of para-hydroxylation sites is 1. The third-order valence-electron chi connectivity index (χ3n) is 3.24. The molecule has 2 heterocycles. The summed E-state index contributed by atoms with van der Waals surface area (Å²) in [5.41, 5.74) is 10.6. The number of rotatable bonds is 2. The Bertz CT molecular complexity index is 544. The minimum atomic E-state index is 0.835. The van der Waals surface area contributed by atoms with Gasteiger partial charge in [-0.1, -0.05) is 12.1 Å². The van der Waals surface area contributed by atoms with Gasteiger partial charge in [0.05, 0.1) is 23.6 Å². The number of nitrogens with zero attached hydrogens (tertiary/aromatic N) is 3. The number of aryl methyl sites for hydroxylation is 1. The van der Waals surface area contributed by atoms with Gasteiger partial charge in [-0.3, -0.25) is 4.68 Å². The summed E-state index contributed by atoms with van der Waals surface area (Å²) < 4.78 is 1.83. The Morgan fingerprint density at radius 1 is 1.35 bits per heavy atom. The van der Waals surface area contributed by atoms with E-state index in [9.17, 15) is 0 Å². The molecule has 0 radical (unpaired) electrons. The molecular formula is C13H16N4. The fourth-order valence-corrected chi connectivity index (χ4v) is 2.47. The zero-order chi connectivity index (χ0) is 11.8. The van der Waals surface area contributed by atoms with E-state index in [2.05, 4.69) is 22.1 Å². The number of hydrogen-bond acceptors (Lipinski definition) is 3. The number of aromatic nitrogens is 2. The van der Waals surface area contributed by atoms with Gasteiger partial charge in [0.25, 0.3) is 0 Å². The molecule has 0 saturated heterocycles. The maximum absolute atomic E-state index is 6.05. The van der Waals surface area contributed by atoms with Crippen LogP contribution in [0.15, 0.2) is 30.5 Å². The summed E-state index contributed by atoms with van der Waals surface area (Å²) >= 11 is 0. The van der Waals surface area contributed by atoms with Crippen molar-refractivity contribution in [1.82, 2.24) is 9.78 Å². The Labute approximate surface area is 101 Å². The quantitative estimate of drug-likeness (QED) is 0.794. The lowest BCUT2D eigenvalue weighted by molar-refractivity contribution is 0.725. The first-order chi connectivity index (χ1) is 8.24. The fourth-order valence-electron chi connectivity index (χ4n) is 2.47. The van der Waals surface area contributed by atoms with Gasteiger partial charge in [0.1, 0.15) is 0 Å². The number of anilines is 2. The van der Waals surface area contributed by atoms with Gasteiger partial charge in [-0.05, 0) is 24.1 Å². The van der Waals surface area contributed by atoms with Crippen LogP contribution in [0.2, 0.25) is 0 Å². The SMILES string of the molecule is Cn1ccc(CN2CCc3cccc(N)c32)n1. The van der Waals surface area contributed by atoms with E-state index in [1.54, 1.807) is 0 Å². The van der Waals surface area contributed by atoms with Gasteiger partial charge in [-0.25, -0.2) is 0 Å². The smallest absolute Gasteiger partial charge is 0.0817 e. The molecular weight excluding hydrogens is 212 g/mol. The number of benzene rings is 1. The average molecular weight is 228 g/mol. The molecule has 17 heavy (non-hydrogen) atoms. The summed E-state index contributed by atoms with van der Waals surface area (Å²) in [7, 11) is 1.94. The molecule has 2 aromatic rings. The molecule has 1 aromatic heterocycles. The second kappa shape index (κ2) is 3.80. The number of nitrogens with two attached hydrogens (primary N) is 1. The lowest BCUT2D eigenvalue weighted by Crippen LogP contribution is -2.21. The molecule has 3 rings (SSSR count). The lowest BCUT2D eigenvalue weighted by Gasteiger charge is -2.19. The molecule has 4 nitrogen and oxygen atoms in total. The molecule has 1 aliphatic rings. The van der Waals surface area contributed by atoms with Crippen LogP contribution in [0.25, 0.3) is 0 Å². The van der Waals surface area contributed by atoms with Gasteiger partial charge in [-0.15, -0.1) is 0 Å². The maximum atomic E-state index is 6.05. The Kier molecular flexibility index (Phi) is 2.28. The first-order valence-electron chi connectivity index (χ1n) is 5.85. The minimum absolute atomic E-state index is 0.835. The van der Waals surface area contributed by atoms with Crippen molar-refractivity contribution in [3.8, 4) is 0 Å². The van der Waals surface area contributed by atoms with Crippen molar-refractivity contribution in [2.75, 3.05) is 17.2 Å². The molecule has 0 unspecified atom stereocenters. The predicted octanol–water partition coefficient (Wildman–Crippen LogP) is 1.56. The molecule has 0 atom stereocenters. The number of hydrogen-bond donors (Lipinski definition) is 1. The van der Waals surface area contributed by atoms with Crippen LogP contribution in [0.4, 0.5) is 11.4 Å².